The summed E-state index contributed by atoms with van der Waals surface area (Å²) >= 11 is 3.39. The highest BCUT2D eigenvalue weighted by Gasteiger charge is 2.23. The number of urea groups is 1. The Bertz CT molecular complexity index is 807. The van der Waals surface area contributed by atoms with Gasteiger partial charge >= 0.3 is 6.03 Å². The molecule has 6 heteroatoms. The van der Waals surface area contributed by atoms with Gasteiger partial charge in [-0.15, -0.1) is 0 Å². The Morgan fingerprint density at radius 2 is 2.00 bits per heavy atom. The zero-order valence-corrected chi connectivity index (χ0v) is 15.5. The minimum absolute atomic E-state index is 0.00739. The predicted octanol–water partition coefficient (Wildman–Crippen LogP) is 3.68. The van der Waals surface area contributed by atoms with Gasteiger partial charge < -0.3 is 16.0 Å². The van der Waals surface area contributed by atoms with Gasteiger partial charge in [0.25, 0.3) is 0 Å². The molecule has 1 atom stereocenters. The molecule has 0 radical (unpaired) electrons. The molecular formula is C19H20BrN3O2. The maximum atomic E-state index is 12.1. The number of hydrogen-bond donors (Lipinski definition) is 3. The van der Waals surface area contributed by atoms with E-state index in [1.54, 1.807) is 0 Å². The van der Waals surface area contributed by atoms with Crippen LogP contribution in [0.1, 0.15) is 29.2 Å². The van der Waals surface area contributed by atoms with Gasteiger partial charge in [0, 0.05) is 10.2 Å². The second-order valence-electron chi connectivity index (χ2n) is 6.12. The van der Waals surface area contributed by atoms with Crippen molar-refractivity contribution in [1.82, 2.24) is 10.6 Å². The van der Waals surface area contributed by atoms with Gasteiger partial charge in [0.15, 0.2) is 0 Å². The molecule has 1 aliphatic carbocycles. The second-order valence-corrected chi connectivity index (χ2v) is 7.04. The van der Waals surface area contributed by atoms with Crippen LogP contribution in [-0.4, -0.2) is 18.5 Å². The summed E-state index contributed by atoms with van der Waals surface area (Å²) in [6.07, 6.45) is 1.85. The van der Waals surface area contributed by atoms with Gasteiger partial charge in [-0.3, -0.25) is 4.79 Å². The third-order valence-electron chi connectivity index (χ3n) is 4.31. The molecule has 3 amide bonds. The molecular weight excluding hydrogens is 382 g/mol. The Kier molecular flexibility index (Phi) is 5.38. The van der Waals surface area contributed by atoms with Gasteiger partial charge in [-0.1, -0.05) is 40.2 Å². The number of carbonyl (C=O) groups is 2. The molecule has 0 unspecified atom stereocenters. The van der Waals surface area contributed by atoms with E-state index in [0.717, 1.165) is 34.1 Å². The van der Waals surface area contributed by atoms with Gasteiger partial charge in [-0.05, 0) is 54.7 Å². The average Bonchev–Trinajstić information content (AvgIpc) is 2.99. The molecule has 0 heterocycles. The maximum absolute atomic E-state index is 12.1. The average molecular weight is 402 g/mol. The highest BCUT2D eigenvalue weighted by atomic mass is 79.9. The molecule has 1 aliphatic rings. The molecule has 0 aromatic heterocycles. The highest BCUT2D eigenvalue weighted by molar-refractivity contribution is 9.10. The van der Waals surface area contributed by atoms with E-state index in [9.17, 15) is 9.59 Å². The van der Waals surface area contributed by atoms with E-state index in [1.165, 1.54) is 5.56 Å². The van der Waals surface area contributed by atoms with Crippen LogP contribution in [0.25, 0.3) is 0 Å². The second kappa shape index (κ2) is 7.70. The van der Waals surface area contributed by atoms with Crippen LogP contribution in [0.4, 0.5) is 10.5 Å². The minimum Gasteiger partial charge on any atom is -0.331 e. The molecule has 5 nitrogen and oxygen atoms in total. The van der Waals surface area contributed by atoms with Crippen molar-refractivity contribution in [3.05, 3.63) is 63.6 Å². The molecule has 0 saturated carbocycles. The molecule has 0 saturated heterocycles. The van der Waals surface area contributed by atoms with Gasteiger partial charge in [0.1, 0.15) is 0 Å². The summed E-state index contributed by atoms with van der Waals surface area (Å²) in [7, 11) is 0. The van der Waals surface area contributed by atoms with Gasteiger partial charge in [-0.25, -0.2) is 4.79 Å². The van der Waals surface area contributed by atoms with E-state index < -0.39 is 0 Å². The van der Waals surface area contributed by atoms with Gasteiger partial charge in [0.05, 0.1) is 12.6 Å². The normalized spacial score (nSPS) is 15.4. The van der Waals surface area contributed by atoms with Crippen molar-refractivity contribution in [3.63, 3.8) is 0 Å². The Hall–Kier alpha value is -2.34. The van der Waals surface area contributed by atoms with Crippen LogP contribution in [0.3, 0.4) is 0 Å². The number of carbonyl (C=O) groups excluding carboxylic acids is 2. The number of aryl methyl sites for hydroxylation is 2. The fraction of sp³-hybridized carbons (Fsp3) is 0.263. The lowest BCUT2D eigenvalue weighted by Gasteiger charge is -2.15. The molecule has 0 fully saturated rings. The maximum Gasteiger partial charge on any atom is 0.315 e. The van der Waals surface area contributed by atoms with Crippen LogP contribution in [0.5, 0.6) is 0 Å². The highest BCUT2D eigenvalue weighted by Crippen LogP contribution is 2.30. The fourth-order valence-corrected chi connectivity index (χ4v) is 3.51. The minimum atomic E-state index is -0.329. The first-order valence-corrected chi connectivity index (χ1v) is 9.00. The third kappa shape index (κ3) is 4.39. The summed E-state index contributed by atoms with van der Waals surface area (Å²) in [5.41, 5.74) is 4.12. The fourth-order valence-electron chi connectivity index (χ4n) is 3.04. The van der Waals surface area contributed by atoms with Crippen LogP contribution in [-0.2, 0) is 11.2 Å². The summed E-state index contributed by atoms with van der Waals surface area (Å²) in [6.45, 7) is 1.84. The molecule has 130 valence electrons. The lowest BCUT2D eigenvalue weighted by atomic mass is 10.1. The topological polar surface area (TPSA) is 70.2 Å². The Balaban J connectivity index is 1.48. The first kappa shape index (κ1) is 17.5. The van der Waals surface area contributed by atoms with Crippen LogP contribution in [0.15, 0.2) is 46.9 Å². The van der Waals surface area contributed by atoms with Crippen LogP contribution >= 0.6 is 15.9 Å². The number of amides is 3. The van der Waals surface area contributed by atoms with E-state index in [-0.39, 0.29) is 24.5 Å². The van der Waals surface area contributed by atoms with Crippen molar-refractivity contribution in [2.75, 3.05) is 11.9 Å². The largest absolute Gasteiger partial charge is 0.331 e. The molecule has 25 heavy (non-hydrogen) atoms. The summed E-state index contributed by atoms with van der Waals surface area (Å²) in [5.74, 6) is -0.257. The monoisotopic (exact) mass is 401 g/mol. The van der Waals surface area contributed by atoms with E-state index >= 15 is 0 Å². The van der Waals surface area contributed by atoms with Crippen molar-refractivity contribution >= 4 is 33.6 Å². The van der Waals surface area contributed by atoms with Crippen molar-refractivity contribution in [3.8, 4) is 0 Å². The first-order chi connectivity index (χ1) is 12.0. The molecule has 0 spiro atoms. The van der Waals surface area contributed by atoms with Crippen molar-refractivity contribution in [2.24, 2.45) is 0 Å². The van der Waals surface area contributed by atoms with Crippen LogP contribution in [0, 0.1) is 6.92 Å². The number of hydrogen-bond acceptors (Lipinski definition) is 2. The molecule has 2 aromatic rings. The molecule has 3 N–H and O–H groups in total. The Labute approximate surface area is 155 Å². The number of rotatable bonds is 4. The van der Waals surface area contributed by atoms with Crippen molar-refractivity contribution in [2.45, 2.75) is 25.8 Å². The predicted molar refractivity (Wildman–Crippen MR) is 102 cm³/mol. The Morgan fingerprint density at radius 1 is 1.20 bits per heavy atom. The zero-order valence-electron chi connectivity index (χ0n) is 13.9. The molecule has 3 rings (SSSR count). The number of halogens is 1. The van der Waals surface area contributed by atoms with Gasteiger partial charge in [0.2, 0.25) is 5.91 Å². The van der Waals surface area contributed by atoms with E-state index in [4.69, 9.17) is 0 Å². The van der Waals surface area contributed by atoms with E-state index in [1.807, 2.05) is 43.3 Å². The molecule has 2 aromatic carbocycles. The van der Waals surface area contributed by atoms with E-state index in [2.05, 4.69) is 37.9 Å². The zero-order chi connectivity index (χ0) is 17.8. The quantitative estimate of drug-likeness (QED) is 0.730. The summed E-state index contributed by atoms with van der Waals surface area (Å²) in [5, 5.41) is 8.36. The Morgan fingerprint density at radius 3 is 2.80 bits per heavy atom. The van der Waals surface area contributed by atoms with Crippen LogP contribution in [0.2, 0.25) is 0 Å². The van der Waals surface area contributed by atoms with Crippen molar-refractivity contribution in [1.29, 1.82) is 0 Å². The number of nitrogens with one attached hydrogen (secondary N) is 3. The summed E-state index contributed by atoms with van der Waals surface area (Å²) in [4.78, 5) is 24.1. The van der Waals surface area contributed by atoms with Crippen molar-refractivity contribution < 1.29 is 9.59 Å². The van der Waals surface area contributed by atoms with E-state index in [0.29, 0.717) is 0 Å². The number of anilines is 1. The summed E-state index contributed by atoms with van der Waals surface area (Å²) in [6, 6.07) is 13.4. The summed E-state index contributed by atoms with van der Waals surface area (Å²) < 4.78 is 0.956. The SMILES string of the molecule is Cc1cc(Br)ccc1NC(=O)CNC(=O)N[C@@H]1CCc2ccccc21. The molecule has 0 aliphatic heterocycles. The van der Waals surface area contributed by atoms with Crippen LogP contribution < -0.4 is 16.0 Å². The third-order valence-corrected chi connectivity index (χ3v) is 4.80. The first-order valence-electron chi connectivity index (χ1n) is 8.21. The van der Waals surface area contributed by atoms with Gasteiger partial charge in [-0.2, -0.15) is 0 Å². The molecule has 0 bridgehead atoms. The lowest BCUT2D eigenvalue weighted by molar-refractivity contribution is -0.115. The number of fused-ring (bicyclic) bond motifs is 1. The number of benzene rings is 2. The standard InChI is InChI=1S/C19H20BrN3O2/c1-12-10-14(20)7-9-16(12)22-18(24)11-21-19(25)23-17-8-6-13-4-2-3-5-15(13)17/h2-5,7,9-10,17H,6,8,11H2,1H3,(H,22,24)(H2,21,23,25)/t17-/m1/s1. The lowest BCUT2D eigenvalue weighted by Crippen LogP contribution is -2.41. The smallest absolute Gasteiger partial charge is 0.315 e.